The van der Waals surface area contributed by atoms with Gasteiger partial charge in [-0.2, -0.15) is 0 Å². The highest BCUT2D eigenvalue weighted by molar-refractivity contribution is 5.47. The zero-order valence-electron chi connectivity index (χ0n) is 13.3. The monoisotopic (exact) mass is 331 g/mol. The number of halogens is 3. The van der Waals surface area contributed by atoms with Gasteiger partial charge in [0.25, 0.3) is 0 Å². The summed E-state index contributed by atoms with van der Waals surface area (Å²) in [5.74, 6) is -0.200. The second-order valence-electron chi connectivity index (χ2n) is 5.95. The Hall–Kier alpha value is -1.47. The van der Waals surface area contributed by atoms with E-state index in [0.29, 0.717) is 18.6 Å². The van der Waals surface area contributed by atoms with Gasteiger partial charge in [-0.3, -0.25) is 0 Å². The van der Waals surface area contributed by atoms with Gasteiger partial charge in [0.15, 0.2) is 0 Å². The number of nitrogens with one attached hydrogen (secondary N) is 1. The molecule has 1 aromatic carbocycles. The Morgan fingerprint density at radius 1 is 1.26 bits per heavy atom. The molecular formula is C16H24F3N3O. The van der Waals surface area contributed by atoms with Crippen LogP contribution in [-0.4, -0.2) is 43.0 Å². The summed E-state index contributed by atoms with van der Waals surface area (Å²) in [5, 5.41) is 3.37. The maximum atomic E-state index is 12.1. The van der Waals surface area contributed by atoms with E-state index in [-0.39, 0.29) is 5.75 Å². The van der Waals surface area contributed by atoms with Crippen molar-refractivity contribution in [3.8, 4) is 5.75 Å². The molecule has 0 aliphatic carbocycles. The van der Waals surface area contributed by atoms with Gasteiger partial charge in [-0.05, 0) is 57.0 Å². The largest absolute Gasteiger partial charge is 0.573 e. The molecule has 3 N–H and O–H groups in total. The van der Waals surface area contributed by atoms with Crippen LogP contribution in [0.5, 0.6) is 5.75 Å². The lowest BCUT2D eigenvalue weighted by Gasteiger charge is -2.36. The number of anilines is 1. The summed E-state index contributed by atoms with van der Waals surface area (Å²) < 4.78 is 40.2. The van der Waals surface area contributed by atoms with E-state index in [0.717, 1.165) is 38.0 Å². The molecule has 1 aliphatic heterocycles. The highest BCUT2D eigenvalue weighted by Gasteiger charge is 2.31. The molecule has 1 heterocycles. The first-order valence-electron chi connectivity index (χ1n) is 7.94. The van der Waals surface area contributed by atoms with Crippen LogP contribution in [0, 0.1) is 0 Å². The Morgan fingerprint density at radius 2 is 1.87 bits per heavy atom. The van der Waals surface area contributed by atoms with Gasteiger partial charge in [0, 0.05) is 30.9 Å². The number of ether oxygens (including phenoxy) is 1. The van der Waals surface area contributed by atoms with Crippen molar-refractivity contribution in [2.75, 3.05) is 25.0 Å². The molecule has 0 aromatic heterocycles. The van der Waals surface area contributed by atoms with Crippen LogP contribution >= 0.6 is 0 Å². The van der Waals surface area contributed by atoms with E-state index in [1.54, 1.807) is 12.1 Å². The van der Waals surface area contributed by atoms with Crippen molar-refractivity contribution in [1.82, 2.24) is 4.90 Å². The predicted octanol–water partition coefficient (Wildman–Crippen LogP) is 3.20. The summed E-state index contributed by atoms with van der Waals surface area (Å²) in [5.41, 5.74) is 6.41. The van der Waals surface area contributed by atoms with E-state index in [1.807, 2.05) is 0 Å². The first-order chi connectivity index (χ1) is 10.9. The molecule has 0 radical (unpaired) electrons. The SMILES string of the molecule is CC(CCN)N1CCC(Nc2ccc(OC(F)(F)F)cc2)CC1. The number of piperidine rings is 1. The summed E-state index contributed by atoms with van der Waals surface area (Å²) in [6.45, 7) is 4.91. The lowest BCUT2D eigenvalue weighted by atomic mass is 10.0. The lowest BCUT2D eigenvalue weighted by molar-refractivity contribution is -0.274. The van der Waals surface area contributed by atoms with Crippen LogP contribution in [0.4, 0.5) is 18.9 Å². The molecule has 1 fully saturated rings. The maximum Gasteiger partial charge on any atom is 0.573 e. The van der Waals surface area contributed by atoms with Crippen LogP contribution in [-0.2, 0) is 0 Å². The molecule has 1 aliphatic rings. The summed E-state index contributed by atoms with van der Waals surface area (Å²) in [6, 6.07) is 6.72. The van der Waals surface area contributed by atoms with Crippen molar-refractivity contribution >= 4 is 5.69 Å². The van der Waals surface area contributed by atoms with Gasteiger partial charge >= 0.3 is 6.36 Å². The quantitative estimate of drug-likeness (QED) is 0.840. The topological polar surface area (TPSA) is 50.5 Å². The van der Waals surface area contributed by atoms with Gasteiger partial charge in [0.05, 0.1) is 0 Å². The number of benzene rings is 1. The average molecular weight is 331 g/mol. The van der Waals surface area contributed by atoms with E-state index in [2.05, 4.69) is 21.9 Å². The molecule has 1 saturated heterocycles. The van der Waals surface area contributed by atoms with Gasteiger partial charge < -0.3 is 20.7 Å². The van der Waals surface area contributed by atoms with Crippen molar-refractivity contribution < 1.29 is 17.9 Å². The van der Waals surface area contributed by atoms with Crippen molar-refractivity contribution in [2.24, 2.45) is 5.73 Å². The van der Waals surface area contributed by atoms with Crippen molar-refractivity contribution in [1.29, 1.82) is 0 Å². The Kier molecular flexibility index (Phi) is 6.12. The zero-order chi connectivity index (χ0) is 16.9. The highest BCUT2D eigenvalue weighted by Crippen LogP contribution is 2.25. The average Bonchev–Trinajstić information content (AvgIpc) is 2.49. The Morgan fingerprint density at radius 3 is 2.39 bits per heavy atom. The molecule has 1 unspecified atom stereocenters. The van der Waals surface area contributed by atoms with Crippen LogP contribution in [0.1, 0.15) is 26.2 Å². The normalized spacial score (nSPS) is 18.7. The number of alkyl halides is 3. The van der Waals surface area contributed by atoms with Crippen molar-refractivity contribution in [2.45, 2.75) is 44.6 Å². The van der Waals surface area contributed by atoms with E-state index in [1.165, 1.54) is 12.1 Å². The zero-order valence-corrected chi connectivity index (χ0v) is 13.3. The fourth-order valence-electron chi connectivity index (χ4n) is 2.90. The Labute approximate surface area is 134 Å². The maximum absolute atomic E-state index is 12.1. The molecule has 2 rings (SSSR count). The molecule has 4 nitrogen and oxygen atoms in total. The standard InChI is InChI=1S/C16H24F3N3O/c1-12(6-9-20)22-10-7-14(8-11-22)21-13-2-4-15(5-3-13)23-16(17,18)19/h2-5,12,14,21H,6-11,20H2,1H3. The molecule has 130 valence electrons. The minimum atomic E-state index is -4.65. The molecule has 0 amide bonds. The van der Waals surface area contributed by atoms with Gasteiger partial charge in [0.1, 0.15) is 5.75 Å². The number of nitrogens with zero attached hydrogens (tertiary/aromatic N) is 1. The highest BCUT2D eigenvalue weighted by atomic mass is 19.4. The van der Waals surface area contributed by atoms with Crippen LogP contribution in [0.15, 0.2) is 24.3 Å². The number of hydrogen-bond acceptors (Lipinski definition) is 4. The van der Waals surface area contributed by atoms with Crippen LogP contribution in [0.25, 0.3) is 0 Å². The van der Waals surface area contributed by atoms with Crippen LogP contribution < -0.4 is 15.8 Å². The van der Waals surface area contributed by atoms with Crippen LogP contribution in [0.3, 0.4) is 0 Å². The summed E-state index contributed by atoms with van der Waals surface area (Å²) in [7, 11) is 0. The summed E-state index contributed by atoms with van der Waals surface area (Å²) >= 11 is 0. The third-order valence-corrected chi connectivity index (χ3v) is 4.20. The Bertz CT molecular complexity index is 470. The van der Waals surface area contributed by atoms with E-state index >= 15 is 0 Å². The van der Waals surface area contributed by atoms with Gasteiger partial charge in [-0.15, -0.1) is 13.2 Å². The van der Waals surface area contributed by atoms with Crippen molar-refractivity contribution in [3.63, 3.8) is 0 Å². The molecule has 0 saturated carbocycles. The van der Waals surface area contributed by atoms with Crippen LogP contribution in [0.2, 0.25) is 0 Å². The third-order valence-electron chi connectivity index (χ3n) is 4.20. The number of likely N-dealkylation sites (tertiary alicyclic amines) is 1. The molecule has 7 heteroatoms. The minimum absolute atomic E-state index is 0.200. The lowest BCUT2D eigenvalue weighted by Crippen LogP contribution is -2.44. The second-order valence-corrected chi connectivity index (χ2v) is 5.95. The number of nitrogens with two attached hydrogens (primary N) is 1. The van der Waals surface area contributed by atoms with E-state index in [4.69, 9.17) is 5.73 Å². The molecule has 1 aromatic rings. The summed E-state index contributed by atoms with van der Waals surface area (Å²) in [6.07, 6.45) is -1.63. The van der Waals surface area contributed by atoms with Gasteiger partial charge in [-0.25, -0.2) is 0 Å². The molecule has 0 spiro atoms. The molecular weight excluding hydrogens is 307 g/mol. The first kappa shape index (κ1) is 17.9. The van der Waals surface area contributed by atoms with E-state index in [9.17, 15) is 13.2 Å². The van der Waals surface area contributed by atoms with E-state index < -0.39 is 6.36 Å². The first-order valence-corrected chi connectivity index (χ1v) is 7.94. The third kappa shape index (κ3) is 5.91. The number of rotatable bonds is 6. The predicted molar refractivity (Wildman–Crippen MR) is 84.5 cm³/mol. The fourth-order valence-corrected chi connectivity index (χ4v) is 2.90. The molecule has 1 atom stereocenters. The van der Waals surface area contributed by atoms with Gasteiger partial charge in [-0.1, -0.05) is 0 Å². The smallest absolute Gasteiger partial charge is 0.406 e. The fraction of sp³-hybridized carbons (Fsp3) is 0.625. The second kappa shape index (κ2) is 7.88. The molecule has 23 heavy (non-hydrogen) atoms. The number of hydrogen-bond donors (Lipinski definition) is 2. The Balaban J connectivity index is 1.80. The summed E-state index contributed by atoms with van der Waals surface area (Å²) in [4.78, 5) is 2.44. The van der Waals surface area contributed by atoms with Crippen molar-refractivity contribution in [3.05, 3.63) is 24.3 Å². The molecule has 0 bridgehead atoms. The van der Waals surface area contributed by atoms with Gasteiger partial charge in [0.2, 0.25) is 0 Å². The minimum Gasteiger partial charge on any atom is -0.406 e.